The Labute approximate surface area is 201 Å². The molecule has 1 saturated carbocycles. The van der Waals surface area contributed by atoms with E-state index in [0.29, 0.717) is 17.8 Å². The molecule has 2 N–H and O–H groups in total. The molecule has 1 fully saturated rings. The summed E-state index contributed by atoms with van der Waals surface area (Å²) in [6, 6.07) is 23.2. The highest BCUT2D eigenvalue weighted by Gasteiger charge is 2.30. The molecule has 0 saturated heterocycles. The molecule has 1 aliphatic carbocycles. The van der Waals surface area contributed by atoms with Crippen molar-refractivity contribution in [1.29, 1.82) is 0 Å². The summed E-state index contributed by atoms with van der Waals surface area (Å²) in [4.78, 5) is 34.5. The van der Waals surface area contributed by atoms with Crippen molar-refractivity contribution in [3.05, 3.63) is 96.4 Å². The number of hydrogen-bond acceptors (Lipinski definition) is 4. The Balaban J connectivity index is 1.21. The number of anilines is 1. The van der Waals surface area contributed by atoms with Crippen LogP contribution >= 0.6 is 0 Å². The lowest BCUT2D eigenvalue weighted by atomic mass is 10.0. The van der Waals surface area contributed by atoms with Gasteiger partial charge in [-0.3, -0.25) is 14.2 Å². The van der Waals surface area contributed by atoms with Gasteiger partial charge in [0.1, 0.15) is 12.1 Å². The number of benzene rings is 3. The van der Waals surface area contributed by atoms with Gasteiger partial charge in [0.25, 0.3) is 5.91 Å². The minimum atomic E-state index is -0.244. The normalized spacial score (nSPS) is 13.1. The van der Waals surface area contributed by atoms with E-state index in [4.69, 9.17) is 0 Å². The summed E-state index contributed by atoms with van der Waals surface area (Å²) in [6.07, 6.45) is 5.31. The fourth-order valence-corrected chi connectivity index (χ4v) is 4.19. The maximum absolute atomic E-state index is 13.2. The van der Waals surface area contributed by atoms with Gasteiger partial charge in [-0.25, -0.2) is 9.97 Å². The Kier molecular flexibility index (Phi) is 5.22. The molecule has 2 heterocycles. The first-order valence-electron chi connectivity index (χ1n) is 11.6. The summed E-state index contributed by atoms with van der Waals surface area (Å²) in [5.41, 5.74) is 3.75. The summed E-state index contributed by atoms with van der Waals surface area (Å²) < 4.78 is 1.93. The van der Waals surface area contributed by atoms with E-state index < -0.39 is 0 Å². The molecule has 35 heavy (non-hydrogen) atoms. The Morgan fingerprint density at radius 1 is 0.914 bits per heavy atom. The standard InChI is InChI=1S/C28H23N5O2/c34-27(19-10-11-19)32-24-14-21-6-2-1-5-20(21)13-22(24)28(35)30-16-18-9-12-26(29-15-18)33-17-31-23-7-3-4-8-25(23)33/h1-9,12-15,17,19H,10-11,16H2,(H,30,35)(H,32,34). The SMILES string of the molecule is O=C(NCc1ccc(-n2cnc3ccccc32)nc1)c1cc2ccccc2cc1NC(=O)C1CC1. The van der Waals surface area contributed by atoms with Crippen molar-refractivity contribution in [2.24, 2.45) is 5.92 Å². The quantitative estimate of drug-likeness (QED) is 0.378. The van der Waals surface area contributed by atoms with Gasteiger partial charge >= 0.3 is 0 Å². The minimum Gasteiger partial charge on any atom is -0.348 e. The molecule has 0 bridgehead atoms. The highest BCUT2D eigenvalue weighted by atomic mass is 16.2. The monoisotopic (exact) mass is 461 g/mol. The largest absolute Gasteiger partial charge is 0.348 e. The predicted octanol–water partition coefficient (Wildman–Crippen LogP) is 4.85. The van der Waals surface area contributed by atoms with Crippen molar-refractivity contribution in [3.63, 3.8) is 0 Å². The van der Waals surface area contributed by atoms with Crippen LogP contribution in [0.15, 0.2) is 85.3 Å². The third kappa shape index (κ3) is 4.24. The first-order valence-corrected chi connectivity index (χ1v) is 11.6. The first kappa shape index (κ1) is 21.0. The van der Waals surface area contributed by atoms with Gasteiger partial charge in [-0.2, -0.15) is 0 Å². The summed E-state index contributed by atoms with van der Waals surface area (Å²) in [5, 5.41) is 7.85. The Morgan fingerprint density at radius 2 is 1.69 bits per heavy atom. The summed E-state index contributed by atoms with van der Waals surface area (Å²) in [6.45, 7) is 0.319. The molecule has 2 aromatic heterocycles. The van der Waals surface area contributed by atoms with Crippen molar-refractivity contribution < 1.29 is 9.59 Å². The number of rotatable bonds is 6. The molecule has 3 aromatic carbocycles. The van der Waals surface area contributed by atoms with Gasteiger partial charge in [0.15, 0.2) is 0 Å². The molecule has 0 aliphatic heterocycles. The maximum Gasteiger partial charge on any atom is 0.253 e. The number of fused-ring (bicyclic) bond motifs is 2. The average molecular weight is 462 g/mol. The lowest BCUT2D eigenvalue weighted by Crippen LogP contribution is -2.25. The van der Waals surface area contributed by atoms with E-state index in [1.165, 1.54) is 0 Å². The smallest absolute Gasteiger partial charge is 0.253 e. The van der Waals surface area contributed by atoms with Crippen LogP contribution < -0.4 is 10.6 Å². The van der Waals surface area contributed by atoms with Crippen LogP contribution in [-0.4, -0.2) is 26.3 Å². The average Bonchev–Trinajstić information content (AvgIpc) is 3.66. The van der Waals surface area contributed by atoms with E-state index in [9.17, 15) is 9.59 Å². The molecule has 2 amide bonds. The van der Waals surface area contributed by atoms with Crippen molar-refractivity contribution >= 4 is 39.3 Å². The molecule has 172 valence electrons. The number of carbonyl (C=O) groups is 2. The van der Waals surface area contributed by atoms with Crippen LogP contribution in [-0.2, 0) is 11.3 Å². The second-order valence-electron chi connectivity index (χ2n) is 8.82. The number of aromatic nitrogens is 3. The van der Waals surface area contributed by atoms with E-state index in [-0.39, 0.29) is 17.7 Å². The Morgan fingerprint density at radius 3 is 2.46 bits per heavy atom. The zero-order chi connectivity index (χ0) is 23.8. The molecule has 5 aromatic rings. The summed E-state index contributed by atoms with van der Waals surface area (Å²) in [7, 11) is 0. The van der Waals surface area contributed by atoms with Gasteiger partial charge in [-0.15, -0.1) is 0 Å². The summed E-state index contributed by atoms with van der Waals surface area (Å²) >= 11 is 0. The van der Waals surface area contributed by atoms with Gasteiger partial charge in [0, 0.05) is 18.7 Å². The van der Waals surface area contributed by atoms with Crippen LogP contribution in [0.25, 0.3) is 27.6 Å². The molecular weight excluding hydrogens is 438 g/mol. The van der Waals surface area contributed by atoms with Crippen molar-refractivity contribution in [1.82, 2.24) is 19.9 Å². The Hall–Kier alpha value is -4.52. The number of nitrogens with zero attached hydrogens (tertiary/aromatic N) is 3. The van der Waals surface area contributed by atoms with Gasteiger partial charge < -0.3 is 10.6 Å². The van der Waals surface area contributed by atoms with Gasteiger partial charge in [-0.1, -0.05) is 42.5 Å². The van der Waals surface area contributed by atoms with Gasteiger partial charge in [0.05, 0.1) is 22.3 Å². The van der Waals surface area contributed by atoms with Crippen LogP contribution in [0.4, 0.5) is 5.69 Å². The number of hydrogen-bond donors (Lipinski definition) is 2. The van der Waals surface area contributed by atoms with E-state index in [0.717, 1.165) is 46.0 Å². The van der Waals surface area contributed by atoms with E-state index in [1.807, 2.05) is 77.4 Å². The lowest BCUT2D eigenvalue weighted by Gasteiger charge is -2.13. The fraction of sp³-hybridized carbons (Fsp3) is 0.143. The predicted molar refractivity (Wildman–Crippen MR) is 135 cm³/mol. The molecular formula is C28H23N5O2. The minimum absolute atomic E-state index is 0.0267. The zero-order valence-electron chi connectivity index (χ0n) is 18.9. The second-order valence-corrected chi connectivity index (χ2v) is 8.82. The zero-order valence-corrected chi connectivity index (χ0v) is 18.9. The number of pyridine rings is 1. The molecule has 7 nitrogen and oxygen atoms in total. The van der Waals surface area contributed by atoms with Crippen molar-refractivity contribution in [2.45, 2.75) is 19.4 Å². The third-order valence-corrected chi connectivity index (χ3v) is 6.30. The van der Waals surface area contributed by atoms with Crippen LogP contribution in [0.3, 0.4) is 0 Å². The molecule has 0 spiro atoms. The Bertz CT molecular complexity index is 1570. The van der Waals surface area contributed by atoms with E-state index in [1.54, 1.807) is 12.5 Å². The molecule has 0 radical (unpaired) electrons. The number of amides is 2. The van der Waals surface area contributed by atoms with Crippen LogP contribution in [0.1, 0.15) is 28.8 Å². The van der Waals surface area contributed by atoms with E-state index in [2.05, 4.69) is 20.6 Å². The second kappa shape index (κ2) is 8.68. The van der Waals surface area contributed by atoms with Crippen molar-refractivity contribution in [2.75, 3.05) is 5.32 Å². The highest BCUT2D eigenvalue weighted by Crippen LogP contribution is 2.32. The first-order chi connectivity index (χ1) is 17.2. The van der Waals surface area contributed by atoms with Crippen LogP contribution in [0.5, 0.6) is 0 Å². The molecule has 7 heteroatoms. The third-order valence-electron chi connectivity index (χ3n) is 6.30. The van der Waals surface area contributed by atoms with Crippen molar-refractivity contribution in [3.8, 4) is 5.82 Å². The number of imidazole rings is 1. The van der Waals surface area contributed by atoms with Gasteiger partial charge in [0.2, 0.25) is 5.91 Å². The highest BCUT2D eigenvalue weighted by molar-refractivity contribution is 6.08. The molecule has 6 rings (SSSR count). The van der Waals surface area contributed by atoms with Gasteiger partial charge in [-0.05, 0) is 59.5 Å². The maximum atomic E-state index is 13.2. The lowest BCUT2D eigenvalue weighted by molar-refractivity contribution is -0.117. The molecule has 1 aliphatic rings. The van der Waals surface area contributed by atoms with Crippen LogP contribution in [0, 0.1) is 5.92 Å². The summed E-state index contributed by atoms with van der Waals surface area (Å²) in [5.74, 6) is 0.538. The van der Waals surface area contributed by atoms with E-state index >= 15 is 0 Å². The topological polar surface area (TPSA) is 88.9 Å². The number of nitrogens with one attached hydrogen (secondary N) is 2. The molecule has 0 atom stereocenters. The number of para-hydroxylation sites is 2. The van der Waals surface area contributed by atoms with Crippen LogP contribution in [0.2, 0.25) is 0 Å². The molecule has 0 unspecified atom stereocenters. The number of carbonyl (C=O) groups excluding carboxylic acids is 2. The fourth-order valence-electron chi connectivity index (χ4n) is 4.19.